The summed E-state index contributed by atoms with van der Waals surface area (Å²) in [6.45, 7) is 3.99. The van der Waals surface area contributed by atoms with Crippen molar-refractivity contribution in [2.24, 2.45) is 0 Å². The van der Waals surface area contributed by atoms with Crippen LogP contribution in [0.25, 0.3) is 11.3 Å². The molecule has 6 heteroatoms. The number of hydrogen-bond acceptors (Lipinski definition) is 4. The van der Waals surface area contributed by atoms with E-state index < -0.39 is 0 Å². The van der Waals surface area contributed by atoms with Gasteiger partial charge in [-0.3, -0.25) is 4.79 Å². The molecule has 24 heavy (non-hydrogen) atoms. The second kappa shape index (κ2) is 5.69. The highest BCUT2D eigenvalue weighted by Crippen LogP contribution is 2.38. The van der Waals surface area contributed by atoms with Gasteiger partial charge in [-0.15, -0.1) is 11.3 Å². The fraction of sp³-hybridized carbons (Fsp3) is 0.167. The highest BCUT2D eigenvalue weighted by Gasteiger charge is 2.30. The number of aryl methyl sites for hydroxylation is 1. The maximum atomic E-state index is 12.4. The number of thiophene rings is 1. The van der Waals surface area contributed by atoms with E-state index >= 15 is 0 Å². The molecule has 1 atom stereocenters. The molecule has 0 fully saturated rings. The third-order valence-electron chi connectivity index (χ3n) is 4.20. The lowest BCUT2D eigenvalue weighted by Gasteiger charge is -2.24. The van der Waals surface area contributed by atoms with Crippen molar-refractivity contribution in [3.05, 3.63) is 63.2 Å². The Labute approximate surface area is 148 Å². The summed E-state index contributed by atoms with van der Waals surface area (Å²) in [5.74, 6) is 1.34. The van der Waals surface area contributed by atoms with Crippen LogP contribution in [0.5, 0.6) is 0 Å². The molecular weight excluding hydrogens is 344 g/mol. The minimum absolute atomic E-state index is 0.0694. The number of furan rings is 1. The maximum absolute atomic E-state index is 12.4. The summed E-state index contributed by atoms with van der Waals surface area (Å²) in [5, 5.41) is 7.88. The van der Waals surface area contributed by atoms with Gasteiger partial charge in [-0.1, -0.05) is 11.6 Å². The molecule has 0 saturated carbocycles. The number of hydrogen-bond donors (Lipinski definition) is 2. The van der Waals surface area contributed by atoms with Gasteiger partial charge in [-0.05, 0) is 55.8 Å². The molecule has 4 nitrogen and oxygen atoms in total. The molecule has 0 bridgehead atoms. The van der Waals surface area contributed by atoms with Gasteiger partial charge in [0.15, 0.2) is 6.17 Å². The maximum Gasteiger partial charge on any atom is 0.256 e. The Morgan fingerprint density at radius 1 is 1.08 bits per heavy atom. The second-order valence-electron chi connectivity index (χ2n) is 5.75. The molecule has 1 aliphatic heterocycles. The summed E-state index contributed by atoms with van der Waals surface area (Å²) < 4.78 is 5.93. The number of nitrogens with one attached hydrogen (secondary N) is 2. The first-order valence-corrected chi connectivity index (χ1v) is 8.75. The molecule has 3 aromatic rings. The number of fused-ring (bicyclic) bond motifs is 1. The van der Waals surface area contributed by atoms with E-state index in [-0.39, 0.29) is 12.1 Å². The minimum Gasteiger partial charge on any atom is -0.457 e. The summed E-state index contributed by atoms with van der Waals surface area (Å²) in [6, 6.07) is 11.2. The number of amides is 1. The van der Waals surface area contributed by atoms with Crippen molar-refractivity contribution in [2.75, 3.05) is 5.32 Å². The molecule has 2 N–H and O–H groups in total. The molecule has 0 radical (unpaired) electrons. The Morgan fingerprint density at radius 2 is 1.83 bits per heavy atom. The molecular formula is C18H15ClN2O2S. The molecule has 0 unspecified atom stereocenters. The van der Waals surface area contributed by atoms with E-state index in [1.165, 1.54) is 0 Å². The molecule has 3 heterocycles. The smallest absolute Gasteiger partial charge is 0.256 e. The Kier molecular flexibility index (Phi) is 3.62. The van der Waals surface area contributed by atoms with Crippen LogP contribution in [-0.4, -0.2) is 5.91 Å². The Bertz CT molecular complexity index is 927. The van der Waals surface area contributed by atoms with Gasteiger partial charge in [0.2, 0.25) is 0 Å². The zero-order valence-corrected chi connectivity index (χ0v) is 14.7. The molecule has 2 aromatic heterocycles. The average molecular weight is 359 g/mol. The van der Waals surface area contributed by atoms with Crippen LogP contribution in [0.1, 0.15) is 32.7 Å². The molecule has 1 aromatic carbocycles. The first kappa shape index (κ1) is 15.3. The van der Waals surface area contributed by atoms with Crippen molar-refractivity contribution in [1.82, 2.24) is 5.32 Å². The number of anilines is 1. The molecule has 0 aliphatic carbocycles. The van der Waals surface area contributed by atoms with E-state index in [0.717, 1.165) is 32.3 Å². The summed E-state index contributed by atoms with van der Waals surface area (Å²) in [7, 11) is 0. The monoisotopic (exact) mass is 358 g/mol. The molecule has 0 spiro atoms. The van der Waals surface area contributed by atoms with Crippen LogP contribution < -0.4 is 10.6 Å². The number of carbonyl (C=O) groups excluding carboxylic acids is 1. The molecule has 1 aliphatic rings. The van der Waals surface area contributed by atoms with Crippen LogP contribution in [-0.2, 0) is 0 Å². The second-order valence-corrected chi connectivity index (χ2v) is 7.41. The van der Waals surface area contributed by atoms with Crippen LogP contribution in [0.4, 0.5) is 5.00 Å². The predicted molar refractivity (Wildman–Crippen MR) is 96.8 cm³/mol. The van der Waals surface area contributed by atoms with Crippen LogP contribution in [0.3, 0.4) is 0 Å². The van der Waals surface area contributed by atoms with Crippen LogP contribution in [0, 0.1) is 13.8 Å². The number of halogens is 1. The first-order valence-electron chi connectivity index (χ1n) is 7.56. The predicted octanol–water partition coefficient (Wildman–Crippen LogP) is 5.13. The van der Waals surface area contributed by atoms with Gasteiger partial charge in [0, 0.05) is 15.5 Å². The molecule has 1 amide bonds. The van der Waals surface area contributed by atoms with Crippen LogP contribution in [0.15, 0.2) is 40.8 Å². The van der Waals surface area contributed by atoms with E-state index in [1.807, 2.05) is 50.2 Å². The van der Waals surface area contributed by atoms with Gasteiger partial charge in [-0.2, -0.15) is 0 Å². The quantitative estimate of drug-likeness (QED) is 0.667. The van der Waals surface area contributed by atoms with Crippen LogP contribution >= 0.6 is 22.9 Å². The highest BCUT2D eigenvalue weighted by molar-refractivity contribution is 7.16. The summed E-state index contributed by atoms with van der Waals surface area (Å²) in [5.41, 5.74) is 2.70. The SMILES string of the molecule is Cc1sc2c(c1C)C(=O)N[C@H](c1ccc(-c3ccc(Cl)cc3)o1)N2. The zero-order valence-electron chi connectivity index (χ0n) is 13.1. The molecule has 122 valence electrons. The topological polar surface area (TPSA) is 54.3 Å². The molecule has 4 rings (SSSR count). The van der Waals surface area contributed by atoms with E-state index in [4.69, 9.17) is 16.0 Å². The normalized spacial score (nSPS) is 16.5. The van der Waals surface area contributed by atoms with Crippen molar-refractivity contribution >= 4 is 33.8 Å². The standard InChI is InChI=1S/C18H15ClN2O2S/c1-9-10(2)24-18-15(9)17(22)20-16(21-18)14-8-7-13(23-14)11-3-5-12(19)6-4-11/h3-8,16,21H,1-2H3,(H,20,22)/t16-/m0/s1. The Morgan fingerprint density at radius 3 is 2.58 bits per heavy atom. The lowest BCUT2D eigenvalue weighted by molar-refractivity contribution is 0.0931. The van der Waals surface area contributed by atoms with Gasteiger partial charge in [-0.25, -0.2) is 0 Å². The van der Waals surface area contributed by atoms with E-state index in [1.54, 1.807) is 11.3 Å². The largest absolute Gasteiger partial charge is 0.457 e. The zero-order chi connectivity index (χ0) is 16.8. The van der Waals surface area contributed by atoms with Crippen molar-refractivity contribution in [1.29, 1.82) is 0 Å². The number of benzene rings is 1. The summed E-state index contributed by atoms with van der Waals surface area (Å²) in [6.07, 6.45) is -0.372. The lowest BCUT2D eigenvalue weighted by Crippen LogP contribution is -2.37. The minimum atomic E-state index is -0.372. The Hall–Kier alpha value is -2.24. The fourth-order valence-corrected chi connectivity index (χ4v) is 4.00. The van der Waals surface area contributed by atoms with E-state index in [9.17, 15) is 4.79 Å². The van der Waals surface area contributed by atoms with Crippen molar-refractivity contribution in [3.63, 3.8) is 0 Å². The van der Waals surface area contributed by atoms with Gasteiger partial charge in [0.05, 0.1) is 5.56 Å². The van der Waals surface area contributed by atoms with E-state index in [2.05, 4.69) is 10.6 Å². The lowest BCUT2D eigenvalue weighted by atomic mass is 10.1. The average Bonchev–Trinajstić information content (AvgIpc) is 3.14. The van der Waals surface area contributed by atoms with E-state index in [0.29, 0.717) is 10.8 Å². The fourth-order valence-electron chi connectivity index (χ4n) is 2.79. The van der Waals surface area contributed by atoms with Gasteiger partial charge in [0.1, 0.15) is 16.5 Å². The van der Waals surface area contributed by atoms with Crippen molar-refractivity contribution in [3.8, 4) is 11.3 Å². The van der Waals surface area contributed by atoms with Gasteiger partial charge < -0.3 is 15.1 Å². The van der Waals surface area contributed by atoms with Gasteiger partial charge >= 0.3 is 0 Å². The first-order chi connectivity index (χ1) is 11.5. The van der Waals surface area contributed by atoms with Crippen LogP contribution in [0.2, 0.25) is 5.02 Å². The third kappa shape index (κ3) is 2.50. The third-order valence-corrected chi connectivity index (χ3v) is 5.59. The van der Waals surface area contributed by atoms with Crippen molar-refractivity contribution in [2.45, 2.75) is 20.0 Å². The number of carbonyl (C=O) groups is 1. The van der Waals surface area contributed by atoms with Crippen molar-refractivity contribution < 1.29 is 9.21 Å². The Balaban J connectivity index is 1.64. The summed E-state index contributed by atoms with van der Waals surface area (Å²) >= 11 is 7.51. The highest BCUT2D eigenvalue weighted by atomic mass is 35.5. The summed E-state index contributed by atoms with van der Waals surface area (Å²) in [4.78, 5) is 13.6. The molecule has 0 saturated heterocycles. The van der Waals surface area contributed by atoms with Gasteiger partial charge in [0.25, 0.3) is 5.91 Å². The number of rotatable bonds is 2.